The SMILES string of the molecule is N#Cc1ccc(C(O)CN2CCN(c3cc(C4CC4)[nH]n3)CC2)cc1. The Kier molecular flexibility index (Phi) is 4.43. The van der Waals surface area contributed by atoms with Crippen molar-refractivity contribution in [2.75, 3.05) is 37.6 Å². The molecule has 2 fully saturated rings. The number of aromatic amines is 1. The molecule has 2 heterocycles. The summed E-state index contributed by atoms with van der Waals surface area (Å²) in [6.45, 7) is 4.30. The molecule has 0 spiro atoms. The summed E-state index contributed by atoms with van der Waals surface area (Å²) in [6, 6.07) is 11.5. The molecule has 1 saturated heterocycles. The maximum absolute atomic E-state index is 10.4. The lowest BCUT2D eigenvalue weighted by Crippen LogP contribution is -2.47. The van der Waals surface area contributed by atoms with Crippen LogP contribution in [0.15, 0.2) is 30.3 Å². The van der Waals surface area contributed by atoms with Gasteiger partial charge in [0.15, 0.2) is 5.82 Å². The molecule has 1 saturated carbocycles. The fourth-order valence-electron chi connectivity index (χ4n) is 3.38. The van der Waals surface area contributed by atoms with Crippen LogP contribution in [-0.4, -0.2) is 52.9 Å². The molecule has 1 atom stereocenters. The van der Waals surface area contributed by atoms with Crippen LogP contribution in [-0.2, 0) is 0 Å². The minimum Gasteiger partial charge on any atom is -0.387 e. The minimum absolute atomic E-state index is 0.522. The normalized spacial score (nSPS) is 19.6. The largest absolute Gasteiger partial charge is 0.387 e. The van der Waals surface area contributed by atoms with Crippen molar-refractivity contribution in [3.8, 4) is 6.07 Å². The number of aromatic nitrogens is 2. The zero-order chi connectivity index (χ0) is 17.2. The van der Waals surface area contributed by atoms with Crippen LogP contribution in [0.5, 0.6) is 0 Å². The summed E-state index contributed by atoms with van der Waals surface area (Å²) in [4.78, 5) is 4.60. The van der Waals surface area contributed by atoms with Gasteiger partial charge in [-0.05, 0) is 30.5 Å². The van der Waals surface area contributed by atoms with E-state index in [2.05, 4.69) is 32.1 Å². The average molecular weight is 337 g/mol. The molecule has 6 nitrogen and oxygen atoms in total. The van der Waals surface area contributed by atoms with Gasteiger partial charge in [0.25, 0.3) is 0 Å². The fourth-order valence-corrected chi connectivity index (χ4v) is 3.38. The first-order valence-electron chi connectivity index (χ1n) is 8.93. The zero-order valence-electron chi connectivity index (χ0n) is 14.2. The monoisotopic (exact) mass is 337 g/mol. The van der Waals surface area contributed by atoms with Crippen LogP contribution in [0.1, 0.15) is 41.7 Å². The third-order valence-electron chi connectivity index (χ3n) is 5.15. The van der Waals surface area contributed by atoms with E-state index >= 15 is 0 Å². The number of piperazine rings is 1. The minimum atomic E-state index is -0.522. The Morgan fingerprint density at radius 1 is 1.20 bits per heavy atom. The van der Waals surface area contributed by atoms with Crippen LogP contribution in [0, 0.1) is 11.3 Å². The lowest BCUT2D eigenvalue weighted by atomic mass is 10.1. The van der Waals surface area contributed by atoms with Crippen molar-refractivity contribution >= 4 is 5.82 Å². The van der Waals surface area contributed by atoms with E-state index in [1.54, 1.807) is 12.1 Å². The van der Waals surface area contributed by atoms with Gasteiger partial charge in [0.05, 0.1) is 17.7 Å². The molecule has 2 aromatic rings. The van der Waals surface area contributed by atoms with Crippen molar-refractivity contribution in [3.63, 3.8) is 0 Å². The van der Waals surface area contributed by atoms with E-state index in [-0.39, 0.29) is 0 Å². The van der Waals surface area contributed by atoms with E-state index in [0.717, 1.165) is 37.6 Å². The molecule has 130 valence electrons. The molecule has 25 heavy (non-hydrogen) atoms. The number of aliphatic hydroxyl groups is 1. The van der Waals surface area contributed by atoms with Gasteiger partial charge in [-0.1, -0.05) is 12.1 Å². The predicted octanol–water partition coefficient (Wildman–Crippen LogP) is 2.01. The summed E-state index contributed by atoms with van der Waals surface area (Å²) in [5.74, 6) is 1.75. The second-order valence-electron chi connectivity index (χ2n) is 6.99. The molecule has 0 amide bonds. The van der Waals surface area contributed by atoms with Crippen molar-refractivity contribution in [2.45, 2.75) is 24.9 Å². The van der Waals surface area contributed by atoms with E-state index in [0.29, 0.717) is 18.0 Å². The van der Waals surface area contributed by atoms with Gasteiger partial charge < -0.3 is 10.0 Å². The maximum Gasteiger partial charge on any atom is 0.150 e. The lowest BCUT2D eigenvalue weighted by molar-refractivity contribution is 0.109. The highest BCUT2D eigenvalue weighted by Gasteiger charge is 2.27. The number of hydrogen-bond donors (Lipinski definition) is 2. The van der Waals surface area contributed by atoms with Crippen LogP contribution < -0.4 is 4.90 Å². The Labute approximate surface area is 147 Å². The highest BCUT2D eigenvalue weighted by Crippen LogP contribution is 2.39. The fraction of sp³-hybridized carbons (Fsp3) is 0.474. The van der Waals surface area contributed by atoms with Gasteiger partial charge >= 0.3 is 0 Å². The molecule has 4 rings (SSSR count). The summed E-state index contributed by atoms with van der Waals surface area (Å²) in [5, 5.41) is 26.9. The molecule has 2 aliphatic rings. The smallest absolute Gasteiger partial charge is 0.150 e. The lowest BCUT2D eigenvalue weighted by Gasteiger charge is -2.35. The first-order valence-corrected chi connectivity index (χ1v) is 8.93. The standard InChI is InChI=1S/C19H23N5O/c20-12-14-1-3-16(4-2-14)18(25)13-23-7-9-24(10-8-23)19-11-17(21-22-19)15-5-6-15/h1-4,11,15,18,25H,5-10,13H2,(H,21,22). The highest BCUT2D eigenvalue weighted by atomic mass is 16.3. The number of β-amino-alcohol motifs (C(OH)–C–C–N with tert-alkyl or cyclic N) is 1. The van der Waals surface area contributed by atoms with Crippen LogP contribution in [0.3, 0.4) is 0 Å². The Bertz CT molecular complexity index is 751. The molecule has 0 radical (unpaired) electrons. The first-order chi connectivity index (χ1) is 12.2. The highest BCUT2D eigenvalue weighted by molar-refractivity contribution is 5.41. The van der Waals surface area contributed by atoms with E-state index in [1.165, 1.54) is 18.5 Å². The van der Waals surface area contributed by atoms with E-state index in [1.807, 2.05) is 12.1 Å². The molecule has 1 aliphatic heterocycles. The molecule has 1 aromatic heterocycles. The van der Waals surface area contributed by atoms with Crippen molar-refractivity contribution in [3.05, 3.63) is 47.2 Å². The second-order valence-corrected chi connectivity index (χ2v) is 6.99. The molecule has 6 heteroatoms. The van der Waals surface area contributed by atoms with Crippen molar-refractivity contribution < 1.29 is 5.11 Å². The topological polar surface area (TPSA) is 79.2 Å². The Morgan fingerprint density at radius 2 is 1.92 bits per heavy atom. The van der Waals surface area contributed by atoms with Gasteiger partial charge in [-0.3, -0.25) is 10.00 Å². The van der Waals surface area contributed by atoms with Crippen molar-refractivity contribution in [1.82, 2.24) is 15.1 Å². The maximum atomic E-state index is 10.4. The third-order valence-corrected chi connectivity index (χ3v) is 5.15. The summed E-state index contributed by atoms with van der Waals surface area (Å²) in [6.07, 6.45) is 2.04. The van der Waals surface area contributed by atoms with Crippen LogP contribution in [0.4, 0.5) is 5.82 Å². The number of benzene rings is 1. The van der Waals surface area contributed by atoms with Gasteiger partial charge in [0, 0.05) is 50.4 Å². The molecule has 1 aromatic carbocycles. The summed E-state index contributed by atoms with van der Waals surface area (Å²) >= 11 is 0. The molecule has 1 aliphatic carbocycles. The quantitative estimate of drug-likeness (QED) is 0.872. The number of aliphatic hydroxyl groups excluding tert-OH is 1. The number of rotatable bonds is 5. The zero-order valence-corrected chi connectivity index (χ0v) is 14.2. The number of nitriles is 1. The third kappa shape index (κ3) is 3.68. The summed E-state index contributed by atoms with van der Waals surface area (Å²) in [7, 11) is 0. The van der Waals surface area contributed by atoms with Gasteiger partial charge in [-0.2, -0.15) is 10.4 Å². The van der Waals surface area contributed by atoms with Crippen LogP contribution in [0.2, 0.25) is 0 Å². The van der Waals surface area contributed by atoms with Crippen molar-refractivity contribution in [1.29, 1.82) is 5.26 Å². The van der Waals surface area contributed by atoms with Crippen molar-refractivity contribution in [2.24, 2.45) is 0 Å². The number of hydrogen-bond acceptors (Lipinski definition) is 5. The summed E-state index contributed by atoms with van der Waals surface area (Å²) < 4.78 is 0. The van der Waals surface area contributed by atoms with Gasteiger partial charge in [0.1, 0.15) is 0 Å². The molecular weight excluding hydrogens is 314 g/mol. The number of anilines is 1. The van der Waals surface area contributed by atoms with E-state index in [9.17, 15) is 5.11 Å². The van der Waals surface area contributed by atoms with Gasteiger partial charge in [0.2, 0.25) is 0 Å². The number of nitrogens with zero attached hydrogens (tertiary/aromatic N) is 4. The number of H-pyrrole nitrogens is 1. The molecule has 1 unspecified atom stereocenters. The Morgan fingerprint density at radius 3 is 2.56 bits per heavy atom. The Hall–Kier alpha value is -2.36. The molecule has 0 bridgehead atoms. The van der Waals surface area contributed by atoms with Crippen LogP contribution in [0.25, 0.3) is 0 Å². The average Bonchev–Trinajstić information content (AvgIpc) is 3.39. The van der Waals surface area contributed by atoms with Gasteiger partial charge in [-0.15, -0.1) is 0 Å². The van der Waals surface area contributed by atoms with E-state index in [4.69, 9.17) is 5.26 Å². The van der Waals surface area contributed by atoms with Crippen LogP contribution >= 0.6 is 0 Å². The molecular formula is C19H23N5O. The number of nitrogens with one attached hydrogen (secondary N) is 1. The summed E-state index contributed by atoms with van der Waals surface area (Å²) in [5.41, 5.74) is 2.76. The Balaban J connectivity index is 1.29. The first kappa shape index (κ1) is 16.1. The van der Waals surface area contributed by atoms with Gasteiger partial charge in [-0.25, -0.2) is 0 Å². The second kappa shape index (κ2) is 6.87. The predicted molar refractivity (Wildman–Crippen MR) is 95.3 cm³/mol. The van der Waals surface area contributed by atoms with E-state index < -0.39 is 6.10 Å². The molecule has 2 N–H and O–H groups in total.